The Morgan fingerprint density at radius 3 is 2.21 bits per heavy atom. The van der Waals surface area contributed by atoms with E-state index in [2.05, 4.69) is 177 Å². The fraction of sp³-hybridized carbons (Fsp3) is 0.102. The van der Waals surface area contributed by atoms with Gasteiger partial charge in [-0.1, -0.05) is 135 Å². The minimum Gasteiger partial charge on any atom is -0.485 e. The molecule has 8 aromatic rings. The summed E-state index contributed by atoms with van der Waals surface area (Å²) in [7, 11) is 0. The van der Waals surface area contributed by atoms with E-state index in [0.717, 1.165) is 44.8 Å². The number of para-hydroxylation sites is 2. The maximum atomic E-state index is 6.94. The van der Waals surface area contributed by atoms with E-state index in [1.165, 1.54) is 49.7 Å². The Bertz CT molecular complexity index is 2820. The molecular formula is C49H35NO2. The normalized spacial score (nSPS) is 17.8. The first-order valence-corrected chi connectivity index (χ1v) is 18.2. The molecule has 3 aliphatic rings. The molecule has 248 valence electrons. The molecule has 0 N–H and O–H groups in total. The Balaban J connectivity index is 1.16. The molecule has 11 rings (SSSR count). The molecule has 0 radical (unpaired) electrons. The van der Waals surface area contributed by atoms with Gasteiger partial charge in [0, 0.05) is 33.1 Å². The Kier molecular flexibility index (Phi) is 6.13. The fourth-order valence-corrected chi connectivity index (χ4v) is 9.24. The van der Waals surface area contributed by atoms with E-state index in [4.69, 9.17) is 9.15 Å². The molecule has 0 amide bonds. The third-order valence-corrected chi connectivity index (χ3v) is 11.6. The molecule has 3 heteroatoms. The van der Waals surface area contributed by atoms with E-state index in [1.54, 1.807) is 0 Å². The summed E-state index contributed by atoms with van der Waals surface area (Å²) in [6.07, 6.45) is 6.51. The first kappa shape index (κ1) is 29.4. The van der Waals surface area contributed by atoms with Gasteiger partial charge in [-0.15, -0.1) is 0 Å². The highest BCUT2D eigenvalue weighted by Gasteiger charge is 2.43. The molecule has 1 aliphatic heterocycles. The van der Waals surface area contributed by atoms with Gasteiger partial charge in [-0.2, -0.15) is 0 Å². The van der Waals surface area contributed by atoms with E-state index < -0.39 is 0 Å². The molecular weight excluding hydrogens is 635 g/mol. The second-order valence-electron chi connectivity index (χ2n) is 14.8. The summed E-state index contributed by atoms with van der Waals surface area (Å²) < 4.78 is 13.7. The van der Waals surface area contributed by atoms with Gasteiger partial charge in [-0.25, -0.2) is 0 Å². The van der Waals surface area contributed by atoms with Crippen molar-refractivity contribution < 1.29 is 9.15 Å². The van der Waals surface area contributed by atoms with E-state index in [9.17, 15) is 0 Å². The molecule has 0 spiro atoms. The zero-order valence-corrected chi connectivity index (χ0v) is 29.0. The lowest BCUT2D eigenvalue weighted by atomic mass is 9.81. The van der Waals surface area contributed by atoms with Crippen molar-refractivity contribution in [2.24, 2.45) is 0 Å². The van der Waals surface area contributed by atoms with Crippen molar-refractivity contribution in [3.05, 3.63) is 186 Å². The van der Waals surface area contributed by atoms with Crippen LogP contribution in [0.2, 0.25) is 0 Å². The smallest absolute Gasteiger partial charge is 0.159 e. The number of hydrogen-bond donors (Lipinski definition) is 0. The molecule has 0 saturated heterocycles. The van der Waals surface area contributed by atoms with E-state index in [1.807, 2.05) is 6.07 Å². The number of hydrogen-bond acceptors (Lipinski definition) is 3. The molecule has 2 heterocycles. The molecule has 0 fully saturated rings. The minimum absolute atomic E-state index is 0.0483. The molecule has 7 aromatic carbocycles. The summed E-state index contributed by atoms with van der Waals surface area (Å²) in [6.45, 7) is 4.70. The summed E-state index contributed by atoms with van der Waals surface area (Å²) >= 11 is 0. The van der Waals surface area contributed by atoms with E-state index in [-0.39, 0.29) is 17.4 Å². The minimum atomic E-state index is -0.156. The number of nitrogens with zero attached hydrogens (tertiary/aromatic N) is 1. The average molecular weight is 670 g/mol. The van der Waals surface area contributed by atoms with Gasteiger partial charge in [0.2, 0.25) is 0 Å². The quantitative estimate of drug-likeness (QED) is 0.186. The van der Waals surface area contributed by atoms with Crippen LogP contribution in [0.25, 0.3) is 55.0 Å². The Hall–Kier alpha value is -6.32. The monoisotopic (exact) mass is 669 g/mol. The predicted octanol–water partition coefficient (Wildman–Crippen LogP) is 12.8. The van der Waals surface area contributed by atoms with Gasteiger partial charge in [0.15, 0.2) is 5.58 Å². The maximum Gasteiger partial charge on any atom is 0.159 e. The highest BCUT2D eigenvalue weighted by atomic mass is 16.5. The van der Waals surface area contributed by atoms with Crippen LogP contribution < -0.4 is 9.64 Å². The second-order valence-corrected chi connectivity index (χ2v) is 14.8. The molecule has 52 heavy (non-hydrogen) atoms. The summed E-state index contributed by atoms with van der Waals surface area (Å²) in [5.74, 6) is 0.894. The van der Waals surface area contributed by atoms with Gasteiger partial charge in [-0.3, -0.25) is 0 Å². The topological polar surface area (TPSA) is 25.6 Å². The first-order chi connectivity index (χ1) is 25.6. The number of rotatable bonds is 4. The fourth-order valence-electron chi connectivity index (χ4n) is 9.24. The lowest BCUT2D eigenvalue weighted by molar-refractivity contribution is 0.264. The summed E-state index contributed by atoms with van der Waals surface area (Å²) in [6, 6.07) is 52.5. The number of ether oxygens (including phenoxy) is 1. The van der Waals surface area contributed by atoms with Gasteiger partial charge in [0.1, 0.15) is 17.4 Å². The average Bonchev–Trinajstić information content (AvgIpc) is 3.84. The predicted molar refractivity (Wildman–Crippen MR) is 214 cm³/mol. The zero-order chi connectivity index (χ0) is 34.6. The van der Waals surface area contributed by atoms with Gasteiger partial charge in [-0.05, 0) is 86.6 Å². The molecule has 2 aliphatic carbocycles. The van der Waals surface area contributed by atoms with Gasteiger partial charge in [0.05, 0.1) is 11.6 Å². The highest BCUT2D eigenvalue weighted by Crippen LogP contribution is 2.55. The van der Waals surface area contributed by atoms with Crippen LogP contribution in [0.1, 0.15) is 36.5 Å². The molecule has 3 nitrogen and oxygen atoms in total. The van der Waals surface area contributed by atoms with Crippen LogP contribution in [-0.4, -0.2) is 6.10 Å². The summed E-state index contributed by atoms with van der Waals surface area (Å²) in [5, 5.41) is 4.68. The Morgan fingerprint density at radius 2 is 1.33 bits per heavy atom. The van der Waals surface area contributed by atoms with Crippen LogP contribution >= 0.6 is 0 Å². The van der Waals surface area contributed by atoms with Crippen molar-refractivity contribution in [2.75, 3.05) is 4.90 Å². The van der Waals surface area contributed by atoms with Crippen molar-refractivity contribution in [3.63, 3.8) is 0 Å². The Labute approximate surface area is 302 Å². The SMILES string of the molecule is CC1(C)c2ccccc2-c2ccc(N(C3=CC=CC4Oc5cc(-c6ccccc6)c6ccccc6c5C34)c3cccc4c3oc3ccccc34)cc21. The number of benzene rings is 7. The van der Waals surface area contributed by atoms with Crippen LogP contribution in [0.3, 0.4) is 0 Å². The lowest BCUT2D eigenvalue weighted by Crippen LogP contribution is -2.29. The number of furan rings is 1. The molecule has 0 saturated carbocycles. The maximum absolute atomic E-state index is 6.94. The third-order valence-electron chi connectivity index (χ3n) is 11.6. The number of anilines is 2. The van der Waals surface area contributed by atoms with Crippen LogP contribution in [0.15, 0.2) is 174 Å². The largest absolute Gasteiger partial charge is 0.485 e. The zero-order valence-electron chi connectivity index (χ0n) is 29.0. The van der Waals surface area contributed by atoms with E-state index >= 15 is 0 Å². The van der Waals surface area contributed by atoms with Gasteiger partial charge in [0.25, 0.3) is 0 Å². The van der Waals surface area contributed by atoms with Crippen LogP contribution in [-0.2, 0) is 5.41 Å². The van der Waals surface area contributed by atoms with Crippen LogP contribution in [0.5, 0.6) is 5.75 Å². The number of allylic oxidation sites excluding steroid dienone is 2. The molecule has 0 bridgehead atoms. The van der Waals surface area contributed by atoms with Crippen molar-refractivity contribution in [1.29, 1.82) is 0 Å². The lowest BCUT2D eigenvalue weighted by Gasteiger charge is -2.35. The highest BCUT2D eigenvalue weighted by molar-refractivity contribution is 6.10. The molecule has 2 atom stereocenters. The molecule has 2 unspecified atom stereocenters. The van der Waals surface area contributed by atoms with Gasteiger partial charge >= 0.3 is 0 Å². The van der Waals surface area contributed by atoms with Crippen molar-refractivity contribution >= 4 is 44.1 Å². The van der Waals surface area contributed by atoms with Crippen molar-refractivity contribution in [3.8, 4) is 28.0 Å². The summed E-state index contributed by atoms with van der Waals surface area (Å²) in [4.78, 5) is 2.45. The van der Waals surface area contributed by atoms with Gasteiger partial charge < -0.3 is 14.1 Å². The van der Waals surface area contributed by atoms with Crippen LogP contribution in [0.4, 0.5) is 11.4 Å². The Morgan fingerprint density at radius 1 is 0.596 bits per heavy atom. The first-order valence-electron chi connectivity index (χ1n) is 18.2. The number of fused-ring (bicyclic) bond motifs is 11. The van der Waals surface area contributed by atoms with Crippen molar-refractivity contribution in [1.82, 2.24) is 0 Å². The summed E-state index contributed by atoms with van der Waals surface area (Å²) in [5.41, 5.74) is 13.8. The van der Waals surface area contributed by atoms with Crippen LogP contribution in [0, 0.1) is 0 Å². The third kappa shape index (κ3) is 4.08. The van der Waals surface area contributed by atoms with Crippen molar-refractivity contribution in [2.45, 2.75) is 31.3 Å². The standard InChI is InChI=1S/C49H35NO2/c1-49(2)39-21-10-8-17-33(39)34-27-26-31(28-40(34)49)50(42-23-12-20-37-35-18-9-11-24-43(35)52-48(37)42)41-22-13-25-44-47(41)46-36-19-7-6-16-32(36)38(29-45(46)51-44)30-14-4-3-5-15-30/h3-29,44,47H,1-2H3. The second kappa shape index (κ2) is 10.8. The molecule has 1 aromatic heterocycles. The van der Waals surface area contributed by atoms with E-state index in [0.29, 0.717) is 0 Å².